The summed E-state index contributed by atoms with van der Waals surface area (Å²) >= 11 is 0. The zero-order valence-corrected chi connectivity index (χ0v) is 16.2. The van der Waals surface area contributed by atoms with E-state index in [4.69, 9.17) is 0 Å². The molecule has 1 aromatic heterocycles. The molecule has 2 aromatic carbocycles. The van der Waals surface area contributed by atoms with Crippen LogP contribution in [0.2, 0.25) is 0 Å². The van der Waals surface area contributed by atoms with Crippen molar-refractivity contribution in [1.82, 2.24) is 10.2 Å². The second-order valence-corrected chi connectivity index (χ2v) is 8.73. The Bertz CT molecular complexity index is 1120. The maximum atomic E-state index is 12.4. The first-order valence-corrected chi connectivity index (χ1v) is 10.6. The molecule has 1 aliphatic rings. The Hall–Kier alpha value is -3.07. The summed E-state index contributed by atoms with van der Waals surface area (Å²) in [4.78, 5) is 12.4. The molecular weight excluding hydrogens is 378 g/mol. The van der Waals surface area contributed by atoms with Gasteiger partial charge in [0.15, 0.2) is 5.82 Å². The molecule has 0 unspecified atom stereocenters. The molecule has 2 heterocycles. The molecule has 1 amide bonds. The highest BCUT2D eigenvalue weighted by molar-refractivity contribution is 7.93. The van der Waals surface area contributed by atoms with E-state index < -0.39 is 10.0 Å². The number of hydrogen-bond acceptors (Lipinski definition) is 5. The van der Waals surface area contributed by atoms with E-state index in [-0.39, 0.29) is 18.1 Å². The highest BCUT2D eigenvalue weighted by Gasteiger charge is 2.28. The first-order valence-electron chi connectivity index (χ1n) is 9.01. The van der Waals surface area contributed by atoms with Crippen LogP contribution < -0.4 is 14.9 Å². The Kier molecular flexibility index (Phi) is 4.68. The van der Waals surface area contributed by atoms with Gasteiger partial charge in [0.1, 0.15) is 0 Å². The summed E-state index contributed by atoms with van der Waals surface area (Å²) in [6.07, 6.45) is 0.834. The molecule has 1 fully saturated rings. The lowest BCUT2D eigenvalue weighted by Gasteiger charge is -2.16. The number of nitrogens with one attached hydrogen (secondary N) is 3. The topological polar surface area (TPSA) is 107 Å². The van der Waals surface area contributed by atoms with Crippen LogP contribution in [0, 0.1) is 0 Å². The summed E-state index contributed by atoms with van der Waals surface area (Å²) in [5, 5.41) is 13.6. The standard InChI is InChI=1S/C19H21N5O3S/c1-20-14-5-3-13(4-6-14)11-18(25)21-19-16-12-15(7-8-17(16)22-23-19)24-9-2-10-28(24,26)27/h3-8,12,20H,2,9-11H2,1H3,(H2,21,22,23,25). The van der Waals surface area contributed by atoms with E-state index in [0.29, 0.717) is 29.9 Å². The van der Waals surface area contributed by atoms with Crippen molar-refractivity contribution in [3.63, 3.8) is 0 Å². The molecule has 1 saturated heterocycles. The van der Waals surface area contributed by atoms with Crippen LogP contribution in [0.4, 0.5) is 17.2 Å². The summed E-state index contributed by atoms with van der Waals surface area (Å²) in [5.74, 6) is 0.363. The predicted molar refractivity (Wildman–Crippen MR) is 110 cm³/mol. The molecule has 0 aliphatic carbocycles. The lowest BCUT2D eigenvalue weighted by Crippen LogP contribution is -2.24. The fraction of sp³-hybridized carbons (Fsp3) is 0.263. The van der Waals surface area contributed by atoms with Gasteiger partial charge >= 0.3 is 0 Å². The molecule has 28 heavy (non-hydrogen) atoms. The Labute approximate surface area is 163 Å². The third kappa shape index (κ3) is 3.53. The van der Waals surface area contributed by atoms with E-state index in [1.165, 1.54) is 4.31 Å². The van der Waals surface area contributed by atoms with Crippen LogP contribution in [-0.2, 0) is 21.2 Å². The molecule has 0 radical (unpaired) electrons. The number of amides is 1. The van der Waals surface area contributed by atoms with Crippen LogP contribution >= 0.6 is 0 Å². The third-order valence-corrected chi connectivity index (χ3v) is 6.67. The van der Waals surface area contributed by atoms with Crippen molar-refractivity contribution in [2.24, 2.45) is 0 Å². The van der Waals surface area contributed by atoms with Crippen LogP contribution in [0.1, 0.15) is 12.0 Å². The van der Waals surface area contributed by atoms with Crippen LogP contribution in [-0.4, -0.2) is 43.9 Å². The smallest absolute Gasteiger partial charge is 0.235 e. The quantitative estimate of drug-likeness (QED) is 0.610. The van der Waals surface area contributed by atoms with E-state index in [1.54, 1.807) is 18.2 Å². The van der Waals surface area contributed by atoms with E-state index in [2.05, 4.69) is 20.8 Å². The van der Waals surface area contributed by atoms with Crippen molar-refractivity contribution in [2.45, 2.75) is 12.8 Å². The number of fused-ring (bicyclic) bond motifs is 1. The number of hydrogen-bond donors (Lipinski definition) is 3. The molecule has 0 atom stereocenters. The van der Waals surface area contributed by atoms with Gasteiger partial charge in [0, 0.05) is 24.7 Å². The van der Waals surface area contributed by atoms with Crippen molar-refractivity contribution < 1.29 is 13.2 Å². The van der Waals surface area contributed by atoms with Crippen LogP contribution in [0.15, 0.2) is 42.5 Å². The van der Waals surface area contributed by atoms with Crippen molar-refractivity contribution in [3.05, 3.63) is 48.0 Å². The Morgan fingerprint density at radius 3 is 2.68 bits per heavy atom. The number of anilines is 3. The third-order valence-electron chi connectivity index (χ3n) is 4.80. The zero-order chi connectivity index (χ0) is 19.7. The Morgan fingerprint density at radius 2 is 2.00 bits per heavy atom. The normalized spacial score (nSPS) is 15.7. The molecule has 0 saturated carbocycles. The molecule has 8 nitrogen and oxygen atoms in total. The molecular formula is C19H21N5O3S. The van der Waals surface area contributed by atoms with Crippen molar-refractivity contribution in [3.8, 4) is 0 Å². The Morgan fingerprint density at radius 1 is 1.21 bits per heavy atom. The maximum absolute atomic E-state index is 12.4. The first-order chi connectivity index (χ1) is 13.5. The second-order valence-electron chi connectivity index (χ2n) is 6.72. The van der Waals surface area contributed by atoms with Gasteiger partial charge in [-0.05, 0) is 42.3 Å². The maximum Gasteiger partial charge on any atom is 0.235 e. The number of benzene rings is 2. The van der Waals surface area contributed by atoms with Crippen molar-refractivity contribution in [1.29, 1.82) is 0 Å². The summed E-state index contributed by atoms with van der Waals surface area (Å²) < 4.78 is 25.8. The van der Waals surface area contributed by atoms with Gasteiger partial charge in [-0.3, -0.25) is 14.2 Å². The number of carbonyl (C=O) groups excluding carboxylic acids is 1. The van der Waals surface area contributed by atoms with Gasteiger partial charge in [0.05, 0.1) is 23.4 Å². The van der Waals surface area contributed by atoms with Gasteiger partial charge in [-0.15, -0.1) is 0 Å². The number of H-pyrrole nitrogens is 1. The summed E-state index contributed by atoms with van der Waals surface area (Å²) in [7, 11) is -1.42. The highest BCUT2D eigenvalue weighted by Crippen LogP contribution is 2.30. The number of sulfonamides is 1. The van der Waals surface area contributed by atoms with Crippen LogP contribution in [0.5, 0.6) is 0 Å². The summed E-state index contributed by atoms with van der Waals surface area (Å²) in [5.41, 5.74) is 3.19. The van der Waals surface area contributed by atoms with E-state index >= 15 is 0 Å². The van der Waals surface area contributed by atoms with Gasteiger partial charge in [0.25, 0.3) is 0 Å². The largest absolute Gasteiger partial charge is 0.388 e. The molecule has 9 heteroatoms. The van der Waals surface area contributed by atoms with Gasteiger partial charge in [0.2, 0.25) is 15.9 Å². The van der Waals surface area contributed by atoms with Crippen LogP contribution in [0.25, 0.3) is 10.9 Å². The minimum atomic E-state index is -3.26. The van der Waals surface area contributed by atoms with Crippen LogP contribution in [0.3, 0.4) is 0 Å². The molecule has 4 rings (SSSR count). The van der Waals surface area contributed by atoms with Gasteiger partial charge in [-0.2, -0.15) is 5.10 Å². The number of aromatic nitrogens is 2. The average molecular weight is 399 g/mol. The van der Waals surface area contributed by atoms with Crippen molar-refractivity contribution >= 4 is 44.0 Å². The summed E-state index contributed by atoms with van der Waals surface area (Å²) in [6.45, 7) is 0.468. The zero-order valence-electron chi connectivity index (χ0n) is 15.4. The number of aromatic amines is 1. The highest BCUT2D eigenvalue weighted by atomic mass is 32.2. The van der Waals surface area contributed by atoms with E-state index in [0.717, 1.165) is 16.8 Å². The number of rotatable bonds is 5. The molecule has 3 N–H and O–H groups in total. The molecule has 0 bridgehead atoms. The summed E-state index contributed by atoms with van der Waals surface area (Å²) in [6, 6.07) is 12.9. The predicted octanol–water partition coefficient (Wildman–Crippen LogP) is 2.33. The lowest BCUT2D eigenvalue weighted by molar-refractivity contribution is -0.115. The number of carbonyl (C=O) groups is 1. The minimum Gasteiger partial charge on any atom is -0.388 e. The SMILES string of the molecule is CNc1ccc(CC(=O)Nc2n[nH]c3ccc(N4CCCS4(=O)=O)cc23)cc1. The molecule has 1 aliphatic heterocycles. The van der Waals surface area contributed by atoms with E-state index in [1.807, 2.05) is 31.3 Å². The number of nitrogens with zero attached hydrogens (tertiary/aromatic N) is 2. The lowest BCUT2D eigenvalue weighted by atomic mass is 10.1. The molecule has 146 valence electrons. The van der Waals surface area contributed by atoms with Gasteiger partial charge < -0.3 is 10.6 Å². The van der Waals surface area contributed by atoms with Crippen molar-refractivity contribution in [2.75, 3.05) is 34.3 Å². The average Bonchev–Trinajstić information content (AvgIpc) is 3.24. The first kappa shape index (κ1) is 18.3. The molecule has 0 spiro atoms. The van der Waals surface area contributed by atoms with E-state index in [9.17, 15) is 13.2 Å². The fourth-order valence-corrected chi connectivity index (χ4v) is 4.89. The molecule has 3 aromatic rings. The minimum absolute atomic E-state index is 0.159. The Balaban J connectivity index is 1.55. The van der Waals surface area contributed by atoms with Gasteiger partial charge in [-0.1, -0.05) is 12.1 Å². The second kappa shape index (κ2) is 7.16. The van der Waals surface area contributed by atoms with Gasteiger partial charge in [-0.25, -0.2) is 8.42 Å². The fourth-order valence-electron chi connectivity index (χ4n) is 3.33. The monoisotopic (exact) mass is 399 g/mol.